The van der Waals surface area contributed by atoms with Crippen molar-refractivity contribution in [2.75, 3.05) is 7.11 Å². The average molecular weight is 693 g/mol. The van der Waals surface area contributed by atoms with Gasteiger partial charge in [-0.25, -0.2) is 0 Å². The van der Waals surface area contributed by atoms with Crippen molar-refractivity contribution in [3.05, 3.63) is 95.1 Å². The van der Waals surface area contributed by atoms with E-state index in [0.29, 0.717) is 34.3 Å². The van der Waals surface area contributed by atoms with Crippen LogP contribution in [0.15, 0.2) is 93.3 Å². The van der Waals surface area contributed by atoms with E-state index >= 15 is 0 Å². The van der Waals surface area contributed by atoms with Crippen molar-refractivity contribution in [3.63, 3.8) is 0 Å². The lowest BCUT2D eigenvalue weighted by Gasteiger charge is -2.12. The number of rotatable bonds is 14. The molecule has 264 valence electrons. The third-order valence-electron chi connectivity index (χ3n) is 7.56. The Morgan fingerprint density at radius 1 is 0.529 bits per heavy atom. The third-order valence-corrected chi connectivity index (χ3v) is 7.56. The van der Waals surface area contributed by atoms with Crippen LogP contribution < -0.4 is 18.9 Å². The lowest BCUT2D eigenvalue weighted by Crippen LogP contribution is -2.17. The molecule has 0 radical (unpaired) electrons. The second-order valence-electron chi connectivity index (χ2n) is 12.2. The van der Waals surface area contributed by atoms with Crippen LogP contribution in [-0.4, -0.2) is 30.8 Å². The van der Waals surface area contributed by atoms with E-state index in [2.05, 4.69) is 20.5 Å². The number of benzene rings is 4. The maximum atomic E-state index is 12.7. The number of Topliss-reactive ketones (excluding diaryl/α,β-unsaturated/α-hetero) is 1. The molecule has 51 heavy (non-hydrogen) atoms. The van der Waals surface area contributed by atoms with E-state index < -0.39 is 17.9 Å². The number of aryl methyl sites for hydroxylation is 4. The van der Waals surface area contributed by atoms with E-state index in [4.69, 9.17) is 18.9 Å². The molecule has 4 aromatic carbocycles. The number of esters is 3. The molecule has 1 atom stereocenters. The van der Waals surface area contributed by atoms with Crippen LogP contribution in [0.5, 0.6) is 23.0 Å². The van der Waals surface area contributed by atoms with Crippen molar-refractivity contribution in [3.8, 4) is 23.0 Å². The first-order valence-electron chi connectivity index (χ1n) is 16.2. The fraction of sp³-hybridized carbons (Fsp3) is 0.282. The molecule has 12 heteroatoms. The highest BCUT2D eigenvalue weighted by Gasteiger charge is 2.17. The molecule has 4 rings (SSSR count). The predicted molar refractivity (Wildman–Crippen MR) is 190 cm³/mol. The summed E-state index contributed by atoms with van der Waals surface area (Å²) >= 11 is 0. The number of methoxy groups -OCH3 is 1. The van der Waals surface area contributed by atoms with E-state index in [1.165, 1.54) is 6.92 Å². The Morgan fingerprint density at radius 2 is 0.843 bits per heavy atom. The minimum atomic E-state index is -0.626. The van der Waals surface area contributed by atoms with Crippen LogP contribution in [0.1, 0.15) is 55.4 Å². The molecule has 0 heterocycles. The van der Waals surface area contributed by atoms with E-state index in [0.717, 1.165) is 33.7 Å². The van der Waals surface area contributed by atoms with E-state index in [1.54, 1.807) is 75.6 Å². The summed E-state index contributed by atoms with van der Waals surface area (Å²) in [6, 6.07) is 20.5. The molecular weight excluding hydrogens is 652 g/mol. The van der Waals surface area contributed by atoms with E-state index in [9.17, 15) is 19.2 Å². The van der Waals surface area contributed by atoms with Gasteiger partial charge in [-0.05, 0) is 136 Å². The Kier molecular flexibility index (Phi) is 13.0. The zero-order valence-corrected chi connectivity index (χ0v) is 29.7. The fourth-order valence-corrected chi connectivity index (χ4v) is 4.85. The Bertz CT molecular complexity index is 2000. The minimum Gasteiger partial charge on any atom is -0.497 e. The second-order valence-corrected chi connectivity index (χ2v) is 12.2. The smallest absolute Gasteiger partial charge is 0.318 e. The lowest BCUT2D eigenvalue weighted by molar-refractivity contribution is -0.139. The molecule has 0 aliphatic rings. The normalized spacial score (nSPS) is 11.7. The Balaban J connectivity index is 1.25. The molecular formula is C39H40N4O8. The van der Waals surface area contributed by atoms with Gasteiger partial charge in [0.15, 0.2) is 0 Å². The van der Waals surface area contributed by atoms with Gasteiger partial charge in [-0.15, -0.1) is 0 Å². The van der Waals surface area contributed by atoms with E-state index in [1.807, 2.05) is 39.0 Å². The molecule has 1 unspecified atom stereocenters. The molecule has 0 aliphatic carbocycles. The summed E-state index contributed by atoms with van der Waals surface area (Å²) in [7, 11) is 1.61. The Morgan fingerprint density at radius 3 is 1.16 bits per heavy atom. The van der Waals surface area contributed by atoms with Crippen LogP contribution in [0, 0.1) is 33.6 Å². The Hall–Kier alpha value is -6.04. The van der Waals surface area contributed by atoms with Crippen molar-refractivity contribution in [1.82, 2.24) is 0 Å². The molecule has 0 saturated carbocycles. The summed E-state index contributed by atoms with van der Waals surface area (Å²) in [6.45, 7) is 10.5. The lowest BCUT2D eigenvalue weighted by atomic mass is 10.0. The third kappa shape index (κ3) is 11.5. The minimum absolute atomic E-state index is 0.0120. The standard InChI is InChI=1S/C39H40N4O8/c1-23(16-37(45)49-30-9-13-34(25(3)19-30)41-40-33-12-8-29(48-7)18-24(33)2)17-38(46)50-31-10-14-35(26(4)20-31)42-43-36-15-11-32(21-27(36)5)51-39(47)22-28(6)44/h8-15,18-21,23H,16-17,22H2,1-7H3. The van der Waals surface area contributed by atoms with Crippen LogP contribution >= 0.6 is 0 Å². The Labute approximate surface area is 296 Å². The van der Waals surface area contributed by atoms with Crippen LogP contribution in [0.2, 0.25) is 0 Å². The van der Waals surface area contributed by atoms with Gasteiger partial charge in [-0.1, -0.05) is 6.92 Å². The molecule has 0 saturated heterocycles. The highest BCUT2D eigenvalue weighted by molar-refractivity contribution is 5.95. The molecule has 0 fully saturated rings. The molecule has 0 amide bonds. The van der Waals surface area contributed by atoms with Crippen molar-refractivity contribution < 1.29 is 38.1 Å². The van der Waals surface area contributed by atoms with Crippen molar-refractivity contribution in [2.24, 2.45) is 26.4 Å². The van der Waals surface area contributed by atoms with Gasteiger partial charge >= 0.3 is 17.9 Å². The highest BCUT2D eigenvalue weighted by Crippen LogP contribution is 2.31. The van der Waals surface area contributed by atoms with Gasteiger partial charge in [0.25, 0.3) is 0 Å². The van der Waals surface area contributed by atoms with Gasteiger partial charge < -0.3 is 18.9 Å². The van der Waals surface area contributed by atoms with Crippen LogP contribution in [0.25, 0.3) is 0 Å². The summed E-state index contributed by atoms with van der Waals surface area (Å²) in [5.41, 5.74) is 5.66. The molecule has 0 aliphatic heterocycles. The maximum Gasteiger partial charge on any atom is 0.318 e. The topological polar surface area (TPSA) is 155 Å². The van der Waals surface area contributed by atoms with Gasteiger partial charge in [0.1, 0.15) is 35.2 Å². The number of ketones is 1. The number of nitrogens with zero attached hydrogens (tertiary/aromatic N) is 4. The number of carbonyl (C=O) groups is 4. The first kappa shape index (κ1) is 37.8. The predicted octanol–water partition coefficient (Wildman–Crippen LogP) is 9.57. The SMILES string of the molecule is COc1ccc(N=Nc2ccc(OC(=O)CC(C)CC(=O)Oc3ccc(N=Nc4ccc(OC(=O)CC(C)=O)cc4C)c(C)c3)cc2C)c(C)c1. The first-order valence-corrected chi connectivity index (χ1v) is 16.2. The summed E-state index contributed by atoms with van der Waals surface area (Å²) in [5, 5.41) is 17.3. The quantitative estimate of drug-likeness (QED) is 0.0548. The summed E-state index contributed by atoms with van der Waals surface area (Å²) in [4.78, 5) is 48.2. The van der Waals surface area contributed by atoms with Gasteiger partial charge in [-0.3, -0.25) is 19.2 Å². The number of ether oxygens (including phenoxy) is 4. The van der Waals surface area contributed by atoms with Crippen LogP contribution in [0.4, 0.5) is 22.7 Å². The van der Waals surface area contributed by atoms with Crippen LogP contribution in [0.3, 0.4) is 0 Å². The van der Waals surface area contributed by atoms with Crippen molar-refractivity contribution >= 4 is 46.4 Å². The number of hydrogen-bond donors (Lipinski definition) is 0. The van der Waals surface area contributed by atoms with Gasteiger partial charge in [-0.2, -0.15) is 20.5 Å². The largest absolute Gasteiger partial charge is 0.497 e. The van der Waals surface area contributed by atoms with E-state index in [-0.39, 0.29) is 31.0 Å². The van der Waals surface area contributed by atoms with Gasteiger partial charge in [0, 0.05) is 12.8 Å². The number of azo groups is 2. The molecule has 0 aromatic heterocycles. The van der Waals surface area contributed by atoms with Gasteiger partial charge in [0.05, 0.1) is 29.9 Å². The second kappa shape index (κ2) is 17.6. The summed E-state index contributed by atoms with van der Waals surface area (Å²) in [6.07, 6.45) is -0.262. The first-order chi connectivity index (χ1) is 24.3. The summed E-state index contributed by atoms with van der Waals surface area (Å²) in [5.74, 6) is -0.410. The highest BCUT2D eigenvalue weighted by atomic mass is 16.5. The van der Waals surface area contributed by atoms with Crippen molar-refractivity contribution in [2.45, 2.75) is 60.8 Å². The zero-order chi connectivity index (χ0) is 37.1. The molecule has 4 aromatic rings. The zero-order valence-electron chi connectivity index (χ0n) is 29.7. The number of hydrogen-bond acceptors (Lipinski definition) is 12. The average Bonchev–Trinajstić information content (AvgIpc) is 3.04. The van der Waals surface area contributed by atoms with Crippen molar-refractivity contribution in [1.29, 1.82) is 0 Å². The fourth-order valence-electron chi connectivity index (χ4n) is 4.85. The number of carbonyl (C=O) groups excluding carboxylic acids is 4. The molecule has 0 N–H and O–H groups in total. The van der Waals surface area contributed by atoms with Crippen LogP contribution in [-0.2, 0) is 19.2 Å². The van der Waals surface area contributed by atoms with Gasteiger partial charge in [0.2, 0.25) is 0 Å². The maximum absolute atomic E-state index is 12.7. The molecule has 0 bridgehead atoms. The molecule has 12 nitrogen and oxygen atoms in total. The molecule has 0 spiro atoms. The summed E-state index contributed by atoms with van der Waals surface area (Å²) < 4.78 is 21.5. The monoisotopic (exact) mass is 692 g/mol.